The zero-order valence-electron chi connectivity index (χ0n) is 11.2. The van der Waals surface area contributed by atoms with Crippen LogP contribution in [-0.2, 0) is 4.79 Å². The van der Waals surface area contributed by atoms with Crippen molar-refractivity contribution in [3.63, 3.8) is 0 Å². The van der Waals surface area contributed by atoms with Crippen LogP contribution < -0.4 is 5.32 Å². The molecule has 4 nitrogen and oxygen atoms in total. The van der Waals surface area contributed by atoms with Gasteiger partial charge in [0.05, 0.1) is 12.1 Å². The van der Waals surface area contributed by atoms with Crippen molar-refractivity contribution in [1.29, 1.82) is 0 Å². The topological polar surface area (TPSA) is 52.6 Å². The van der Waals surface area contributed by atoms with Crippen LogP contribution in [0.25, 0.3) is 0 Å². The molecule has 0 bridgehead atoms. The zero-order valence-corrected chi connectivity index (χ0v) is 11.2. The van der Waals surface area contributed by atoms with Crippen molar-refractivity contribution in [3.05, 3.63) is 0 Å². The minimum absolute atomic E-state index is 0.0188. The van der Waals surface area contributed by atoms with Gasteiger partial charge in [-0.05, 0) is 41.5 Å². The van der Waals surface area contributed by atoms with Crippen molar-refractivity contribution in [2.24, 2.45) is 0 Å². The molecule has 0 aromatic heterocycles. The minimum atomic E-state index is -0.582. The van der Waals surface area contributed by atoms with E-state index in [1.165, 1.54) is 0 Å². The van der Waals surface area contributed by atoms with Gasteiger partial charge < -0.3 is 10.4 Å². The second kappa shape index (κ2) is 3.70. The molecule has 0 saturated carbocycles. The molecule has 0 atom stereocenters. The molecule has 4 heteroatoms. The van der Waals surface area contributed by atoms with E-state index in [9.17, 15) is 9.90 Å². The molecule has 1 saturated heterocycles. The molecule has 1 aliphatic rings. The lowest BCUT2D eigenvalue weighted by molar-refractivity contribution is -0.148. The highest BCUT2D eigenvalue weighted by molar-refractivity contribution is 5.87. The van der Waals surface area contributed by atoms with Crippen LogP contribution in [0, 0.1) is 0 Å². The molecule has 0 aromatic rings. The Labute approximate surface area is 98.0 Å². The summed E-state index contributed by atoms with van der Waals surface area (Å²) in [4.78, 5) is 14.2. The average Bonchev–Trinajstić information content (AvgIpc) is 2.11. The van der Waals surface area contributed by atoms with Gasteiger partial charge in [-0.1, -0.05) is 0 Å². The van der Waals surface area contributed by atoms with Crippen LogP contribution in [0.5, 0.6) is 0 Å². The SMILES string of the molecule is CC1(C)CN(C(C)(C)CO)C(C)(C)C(=O)N1. The van der Waals surface area contributed by atoms with Crippen LogP contribution in [-0.4, -0.2) is 45.7 Å². The average molecular weight is 228 g/mol. The highest BCUT2D eigenvalue weighted by Gasteiger charge is 2.49. The number of amides is 1. The Balaban J connectivity index is 3.09. The number of carbonyl (C=O) groups is 1. The fraction of sp³-hybridized carbons (Fsp3) is 0.917. The molecule has 0 aliphatic carbocycles. The number of nitrogens with one attached hydrogen (secondary N) is 1. The van der Waals surface area contributed by atoms with Gasteiger partial charge >= 0.3 is 0 Å². The molecule has 94 valence electrons. The molecule has 0 aromatic carbocycles. The fourth-order valence-corrected chi connectivity index (χ4v) is 2.27. The number of nitrogens with zero attached hydrogens (tertiary/aromatic N) is 1. The Hall–Kier alpha value is -0.610. The van der Waals surface area contributed by atoms with E-state index in [4.69, 9.17) is 0 Å². The standard InChI is InChI=1S/C12H24N2O2/c1-10(2)7-14(11(3,4)8-15)12(5,6)9(16)13-10/h15H,7-8H2,1-6H3,(H,13,16). The van der Waals surface area contributed by atoms with E-state index in [1.54, 1.807) is 0 Å². The van der Waals surface area contributed by atoms with Crippen LogP contribution in [0.1, 0.15) is 41.5 Å². The van der Waals surface area contributed by atoms with Gasteiger partial charge in [0, 0.05) is 17.6 Å². The summed E-state index contributed by atoms with van der Waals surface area (Å²) in [7, 11) is 0. The highest BCUT2D eigenvalue weighted by Crippen LogP contribution is 2.31. The number of carbonyl (C=O) groups excluding carboxylic acids is 1. The van der Waals surface area contributed by atoms with Gasteiger partial charge in [0.2, 0.25) is 5.91 Å². The first kappa shape index (κ1) is 13.5. The summed E-state index contributed by atoms with van der Waals surface area (Å²) >= 11 is 0. The highest BCUT2D eigenvalue weighted by atomic mass is 16.3. The number of piperazine rings is 1. The number of hydrogen-bond acceptors (Lipinski definition) is 3. The fourth-order valence-electron chi connectivity index (χ4n) is 2.27. The van der Waals surface area contributed by atoms with Gasteiger partial charge in [0.25, 0.3) is 0 Å². The first-order valence-electron chi connectivity index (χ1n) is 5.74. The number of aliphatic hydroxyl groups excluding tert-OH is 1. The van der Waals surface area contributed by atoms with Crippen molar-refractivity contribution < 1.29 is 9.90 Å². The van der Waals surface area contributed by atoms with Gasteiger partial charge in [-0.15, -0.1) is 0 Å². The molecular formula is C12H24N2O2. The summed E-state index contributed by atoms with van der Waals surface area (Å²) in [5, 5.41) is 12.5. The predicted molar refractivity (Wildman–Crippen MR) is 64.2 cm³/mol. The van der Waals surface area contributed by atoms with Crippen molar-refractivity contribution in [2.45, 2.75) is 58.2 Å². The van der Waals surface area contributed by atoms with Crippen LogP contribution in [0.2, 0.25) is 0 Å². The molecule has 0 unspecified atom stereocenters. The molecule has 1 rings (SSSR count). The van der Waals surface area contributed by atoms with Gasteiger partial charge in [0.1, 0.15) is 0 Å². The maximum Gasteiger partial charge on any atom is 0.240 e. The van der Waals surface area contributed by atoms with E-state index in [2.05, 4.69) is 10.2 Å². The Morgan fingerprint density at radius 2 is 1.88 bits per heavy atom. The number of hydrogen-bond donors (Lipinski definition) is 2. The smallest absolute Gasteiger partial charge is 0.240 e. The molecule has 1 aliphatic heterocycles. The molecule has 1 amide bonds. The Morgan fingerprint density at radius 1 is 1.38 bits per heavy atom. The maximum absolute atomic E-state index is 12.1. The third kappa shape index (κ3) is 2.23. The van der Waals surface area contributed by atoms with Crippen LogP contribution in [0.3, 0.4) is 0 Å². The summed E-state index contributed by atoms with van der Waals surface area (Å²) in [5.41, 5.74) is -1.22. The minimum Gasteiger partial charge on any atom is -0.394 e. The van der Waals surface area contributed by atoms with E-state index in [0.29, 0.717) is 0 Å². The van der Waals surface area contributed by atoms with E-state index >= 15 is 0 Å². The Bertz CT molecular complexity index is 295. The summed E-state index contributed by atoms with van der Waals surface area (Å²) in [6.07, 6.45) is 0. The summed E-state index contributed by atoms with van der Waals surface area (Å²) < 4.78 is 0. The largest absolute Gasteiger partial charge is 0.394 e. The van der Waals surface area contributed by atoms with Gasteiger partial charge in [-0.2, -0.15) is 0 Å². The van der Waals surface area contributed by atoms with Gasteiger partial charge in [0.15, 0.2) is 0 Å². The van der Waals surface area contributed by atoms with Gasteiger partial charge in [-0.3, -0.25) is 9.69 Å². The van der Waals surface area contributed by atoms with Crippen molar-refractivity contribution >= 4 is 5.91 Å². The van der Waals surface area contributed by atoms with E-state index in [-0.39, 0.29) is 18.1 Å². The molecular weight excluding hydrogens is 204 g/mol. The number of aliphatic hydroxyl groups is 1. The Morgan fingerprint density at radius 3 is 2.31 bits per heavy atom. The summed E-state index contributed by atoms with van der Waals surface area (Å²) in [6, 6.07) is 0. The lowest BCUT2D eigenvalue weighted by Crippen LogP contribution is -2.73. The van der Waals surface area contributed by atoms with Crippen LogP contribution >= 0.6 is 0 Å². The van der Waals surface area contributed by atoms with E-state index in [0.717, 1.165) is 6.54 Å². The molecule has 0 radical (unpaired) electrons. The molecule has 2 N–H and O–H groups in total. The molecule has 1 fully saturated rings. The summed E-state index contributed by atoms with van der Waals surface area (Å²) in [6.45, 7) is 12.5. The van der Waals surface area contributed by atoms with E-state index < -0.39 is 11.1 Å². The third-order valence-corrected chi connectivity index (χ3v) is 3.35. The molecule has 1 heterocycles. The van der Waals surface area contributed by atoms with Crippen molar-refractivity contribution in [2.75, 3.05) is 13.2 Å². The monoisotopic (exact) mass is 228 g/mol. The number of rotatable bonds is 2. The maximum atomic E-state index is 12.1. The third-order valence-electron chi connectivity index (χ3n) is 3.35. The summed E-state index contributed by atoms with van der Waals surface area (Å²) in [5.74, 6) is 0.0188. The predicted octanol–water partition coefficient (Wildman–Crippen LogP) is 0.746. The van der Waals surface area contributed by atoms with Crippen LogP contribution in [0.4, 0.5) is 0 Å². The van der Waals surface area contributed by atoms with Crippen LogP contribution in [0.15, 0.2) is 0 Å². The van der Waals surface area contributed by atoms with Gasteiger partial charge in [-0.25, -0.2) is 0 Å². The normalized spacial score (nSPS) is 25.3. The zero-order chi connectivity index (χ0) is 12.8. The molecule has 16 heavy (non-hydrogen) atoms. The first-order valence-corrected chi connectivity index (χ1v) is 5.74. The Kier molecular flexibility index (Phi) is 3.12. The second-order valence-corrected chi connectivity index (χ2v) is 6.45. The lowest BCUT2D eigenvalue weighted by atomic mass is 9.85. The lowest BCUT2D eigenvalue weighted by Gasteiger charge is -2.54. The van der Waals surface area contributed by atoms with Crippen molar-refractivity contribution in [1.82, 2.24) is 10.2 Å². The van der Waals surface area contributed by atoms with Crippen molar-refractivity contribution in [3.8, 4) is 0 Å². The second-order valence-electron chi connectivity index (χ2n) is 6.45. The quantitative estimate of drug-likeness (QED) is 0.733. The first-order chi connectivity index (χ1) is 7.03. The van der Waals surface area contributed by atoms with E-state index in [1.807, 2.05) is 41.5 Å². The molecule has 0 spiro atoms.